The van der Waals surface area contributed by atoms with E-state index in [9.17, 15) is 24.5 Å². The lowest BCUT2D eigenvalue weighted by Gasteiger charge is -2.18. The van der Waals surface area contributed by atoms with Gasteiger partial charge in [0.15, 0.2) is 0 Å². The van der Waals surface area contributed by atoms with Gasteiger partial charge in [-0.25, -0.2) is 0 Å². The Kier molecular flexibility index (Phi) is 5.64. The van der Waals surface area contributed by atoms with Gasteiger partial charge in [-0.2, -0.15) is 0 Å². The zero-order valence-corrected chi connectivity index (χ0v) is 17.5. The van der Waals surface area contributed by atoms with E-state index in [0.29, 0.717) is 30.2 Å². The van der Waals surface area contributed by atoms with Crippen molar-refractivity contribution in [2.45, 2.75) is 19.8 Å². The summed E-state index contributed by atoms with van der Waals surface area (Å²) in [5.74, 6) is -0.0253. The van der Waals surface area contributed by atoms with Crippen molar-refractivity contribution in [3.8, 4) is 11.3 Å². The summed E-state index contributed by atoms with van der Waals surface area (Å²) in [4.78, 5) is 50.6. The molecule has 2 aliphatic heterocycles. The van der Waals surface area contributed by atoms with Gasteiger partial charge in [0.1, 0.15) is 18.1 Å². The first kappa shape index (κ1) is 20.9. The molecule has 0 saturated carbocycles. The van der Waals surface area contributed by atoms with Gasteiger partial charge in [0, 0.05) is 36.9 Å². The minimum Gasteiger partial charge on any atom is -0.457 e. The maximum Gasteiger partial charge on any atom is 0.294 e. The van der Waals surface area contributed by atoms with Gasteiger partial charge in [0.25, 0.3) is 16.8 Å². The number of nitro benzene ring substituents is 1. The first-order chi connectivity index (χ1) is 14.8. The molecule has 0 aliphatic carbocycles. The summed E-state index contributed by atoms with van der Waals surface area (Å²) >= 11 is 0.754. The topological polar surface area (TPSA) is 114 Å². The highest BCUT2D eigenvalue weighted by atomic mass is 32.2. The fourth-order valence-corrected chi connectivity index (χ4v) is 4.35. The van der Waals surface area contributed by atoms with Gasteiger partial charge >= 0.3 is 0 Å². The summed E-state index contributed by atoms with van der Waals surface area (Å²) in [6, 6.07) is 7.76. The van der Waals surface area contributed by atoms with Gasteiger partial charge in [0.05, 0.1) is 9.83 Å². The summed E-state index contributed by atoms with van der Waals surface area (Å²) in [6.45, 7) is 2.84. The Bertz CT molecular complexity index is 1120. The fraction of sp³-hybridized carbons (Fsp3) is 0.286. The van der Waals surface area contributed by atoms with E-state index in [0.717, 1.165) is 35.1 Å². The lowest BCUT2D eigenvalue weighted by Crippen LogP contribution is -2.40. The number of amides is 3. The SMILES string of the molecule is Cc1ccc([N+](=O)[O-])cc1-c1ccc(/C=C2/SC(=O)N(CC(=O)N3CCCC3)C2=O)o1. The molecule has 2 fully saturated rings. The fourth-order valence-electron chi connectivity index (χ4n) is 3.53. The number of nitrogens with zero attached hydrogens (tertiary/aromatic N) is 3. The highest BCUT2D eigenvalue weighted by Crippen LogP contribution is 2.34. The van der Waals surface area contributed by atoms with Crippen LogP contribution < -0.4 is 0 Å². The second kappa shape index (κ2) is 8.38. The number of thioether (sulfide) groups is 1. The van der Waals surface area contributed by atoms with Crippen molar-refractivity contribution in [1.29, 1.82) is 0 Å². The second-order valence-electron chi connectivity index (χ2n) is 7.31. The van der Waals surface area contributed by atoms with Crippen molar-refractivity contribution in [2.75, 3.05) is 19.6 Å². The third kappa shape index (κ3) is 4.24. The minimum absolute atomic E-state index is 0.0534. The third-order valence-electron chi connectivity index (χ3n) is 5.22. The quantitative estimate of drug-likeness (QED) is 0.394. The standard InChI is InChI=1S/C21H19N3O6S/c1-13-4-5-14(24(28)29)10-16(13)17-7-6-15(30-17)11-18-20(26)23(21(27)31-18)12-19(25)22-8-2-3-9-22/h4-7,10-11H,2-3,8-9,12H2,1H3/b18-11+. The van der Waals surface area contributed by atoms with Crippen LogP contribution in [-0.2, 0) is 9.59 Å². The minimum atomic E-state index is -0.535. The molecule has 0 unspecified atom stereocenters. The molecule has 3 amide bonds. The molecule has 0 atom stereocenters. The molecule has 0 radical (unpaired) electrons. The number of hydrogen-bond acceptors (Lipinski definition) is 7. The number of likely N-dealkylation sites (tertiary alicyclic amines) is 1. The lowest BCUT2D eigenvalue weighted by atomic mass is 10.1. The number of furan rings is 1. The molecule has 2 aromatic rings. The van der Waals surface area contributed by atoms with Crippen LogP contribution in [0.2, 0.25) is 0 Å². The number of carbonyl (C=O) groups is 3. The molecule has 1 aromatic carbocycles. The van der Waals surface area contributed by atoms with Crippen LogP contribution in [0.25, 0.3) is 17.4 Å². The van der Waals surface area contributed by atoms with Crippen LogP contribution in [0.4, 0.5) is 10.5 Å². The van der Waals surface area contributed by atoms with Crippen molar-refractivity contribution in [1.82, 2.24) is 9.80 Å². The van der Waals surface area contributed by atoms with E-state index in [-0.39, 0.29) is 23.0 Å². The van der Waals surface area contributed by atoms with Crippen LogP contribution in [0.1, 0.15) is 24.2 Å². The molecule has 9 nitrogen and oxygen atoms in total. The van der Waals surface area contributed by atoms with E-state index in [4.69, 9.17) is 4.42 Å². The van der Waals surface area contributed by atoms with Crippen LogP contribution in [0.5, 0.6) is 0 Å². The van der Waals surface area contributed by atoms with E-state index in [1.807, 2.05) is 6.92 Å². The Labute approximate surface area is 181 Å². The summed E-state index contributed by atoms with van der Waals surface area (Å²) < 4.78 is 5.76. The van der Waals surface area contributed by atoms with E-state index < -0.39 is 16.1 Å². The second-order valence-corrected chi connectivity index (χ2v) is 8.31. The molecule has 3 heterocycles. The first-order valence-corrected chi connectivity index (χ1v) is 10.5. The Morgan fingerprint density at radius 1 is 1.23 bits per heavy atom. The van der Waals surface area contributed by atoms with Crippen molar-refractivity contribution in [2.24, 2.45) is 0 Å². The van der Waals surface area contributed by atoms with E-state index in [2.05, 4.69) is 0 Å². The summed E-state index contributed by atoms with van der Waals surface area (Å²) in [6.07, 6.45) is 3.30. The average Bonchev–Trinajstić information content (AvgIpc) is 3.47. The van der Waals surface area contributed by atoms with E-state index >= 15 is 0 Å². The van der Waals surface area contributed by atoms with Crippen LogP contribution in [0, 0.1) is 17.0 Å². The normalized spacial score (nSPS) is 17.8. The Balaban J connectivity index is 1.52. The first-order valence-electron chi connectivity index (χ1n) is 9.72. The van der Waals surface area contributed by atoms with Crippen molar-refractivity contribution >= 4 is 40.6 Å². The zero-order valence-electron chi connectivity index (χ0n) is 16.7. The predicted octanol–water partition coefficient (Wildman–Crippen LogP) is 3.82. The number of carbonyl (C=O) groups excluding carboxylic acids is 3. The molecule has 4 rings (SSSR count). The molecule has 2 saturated heterocycles. The maximum absolute atomic E-state index is 12.6. The molecule has 31 heavy (non-hydrogen) atoms. The third-order valence-corrected chi connectivity index (χ3v) is 6.13. The van der Waals surface area contributed by atoms with E-state index in [1.54, 1.807) is 23.1 Å². The van der Waals surface area contributed by atoms with Crippen LogP contribution >= 0.6 is 11.8 Å². The molecular weight excluding hydrogens is 422 g/mol. The number of aryl methyl sites for hydroxylation is 1. The van der Waals surface area contributed by atoms with Gasteiger partial charge in [-0.15, -0.1) is 0 Å². The number of hydrogen-bond donors (Lipinski definition) is 0. The Morgan fingerprint density at radius 2 is 1.97 bits per heavy atom. The van der Waals surface area contributed by atoms with Gasteiger partial charge in [-0.3, -0.25) is 29.4 Å². The monoisotopic (exact) mass is 441 g/mol. The molecular formula is C21H19N3O6S. The number of rotatable bonds is 5. The predicted molar refractivity (Wildman–Crippen MR) is 114 cm³/mol. The van der Waals surface area contributed by atoms with Crippen LogP contribution in [-0.4, -0.2) is 51.4 Å². The Morgan fingerprint density at radius 3 is 2.68 bits per heavy atom. The summed E-state index contributed by atoms with van der Waals surface area (Å²) in [7, 11) is 0. The van der Waals surface area contributed by atoms with Gasteiger partial charge < -0.3 is 9.32 Å². The molecule has 160 valence electrons. The summed E-state index contributed by atoms with van der Waals surface area (Å²) in [5.41, 5.74) is 1.31. The molecule has 0 spiro atoms. The van der Waals surface area contributed by atoms with E-state index in [1.165, 1.54) is 18.2 Å². The number of non-ortho nitro benzene ring substituents is 1. The van der Waals surface area contributed by atoms with Gasteiger partial charge in [-0.1, -0.05) is 6.07 Å². The van der Waals surface area contributed by atoms with Crippen molar-refractivity contribution in [3.05, 3.63) is 56.7 Å². The lowest BCUT2D eigenvalue weighted by molar-refractivity contribution is -0.384. The van der Waals surface area contributed by atoms with Crippen LogP contribution in [0.15, 0.2) is 39.7 Å². The number of benzene rings is 1. The molecule has 2 aliphatic rings. The van der Waals surface area contributed by atoms with Crippen molar-refractivity contribution in [3.63, 3.8) is 0 Å². The molecule has 1 aromatic heterocycles. The zero-order chi connectivity index (χ0) is 22.1. The number of nitro groups is 1. The highest BCUT2D eigenvalue weighted by Gasteiger charge is 2.37. The van der Waals surface area contributed by atoms with Gasteiger partial charge in [0.2, 0.25) is 5.91 Å². The van der Waals surface area contributed by atoms with Crippen LogP contribution in [0.3, 0.4) is 0 Å². The largest absolute Gasteiger partial charge is 0.457 e. The molecule has 0 N–H and O–H groups in total. The summed E-state index contributed by atoms with van der Waals surface area (Å²) in [5, 5.41) is 10.6. The maximum atomic E-state index is 12.6. The van der Waals surface area contributed by atoms with Crippen molar-refractivity contribution < 1.29 is 23.7 Å². The smallest absolute Gasteiger partial charge is 0.294 e. The number of imide groups is 1. The van der Waals surface area contributed by atoms with Gasteiger partial charge in [-0.05, 0) is 49.2 Å². The molecule has 10 heteroatoms. The highest BCUT2D eigenvalue weighted by molar-refractivity contribution is 8.18. The molecule has 0 bridgehead atoms. The average molecular weight is 441 g/mol. The Hall–Kier alpha value is -3.40.